The third-order valence-electron chi connectivity index (χ3n) is 4.16. The topological polar surface area (TPSA) is 94.6 Å². The Bertz CT molecular complexity index is 788. The van der Waals surface area contributed by atoms with Gasteiger partial charge < -0.3 is 20.2 Å². The van der Waals surface area contributed by atoms with Gasteiger partial charge in [-0.1, -0.05) is 12.1 Å². The molecule has 0 radical (unpaired) electrons. The zero-order valence-corrected chi connectivity index (χ0v) is 16.6. The second kappa shape index (κ2) is 11.4. The van der Waals surface area contributed by atoms with Crippen molar-refractivity contribution in [3.05, 3.63) is 63.2 Å². The fourth-order valence-corrected chi connectivity index (χ4v) is 2.69. The van der Waals surface area contributed by atoms with E-state index in [9.17, 15) is 9.59 Å². The fourth-order valence-electron chi connectivity index (χ4n) is 2.69. The van der Waals surface area contributed by atoms with E-state index in [1.54, 1.807) is 20.1 Å². The Labute approximate surface area is 165 Å². The highest BCUT2D eigenvalue weighted by Crippen LogP contribution is 2.14. The summed E-state index contributed by atoms with van der Waals surface area (Å²) in [5.41, 5.74) is 6.65. The van der Waals surface area contributed by atoms with Crippen molar-refractivity contribution in [2.45, 2.75) is 32.6 Å². The molecule has 27 heavy (non-hydrogen) atoms. The van der Waals surface area contributed by atoms with Crippen LogP contribution in [0.3, 0.4) is 0 Å². The first-order chi connectivity index (χ1) is 12.5. The van der Waals surface area contributed by atoms with Crippen molar-refractivity contribution in [2.75, 3.05) is 20.2 Å². The number of carbonyl (C=O) groups excluding carboxylic acids is 1. The highest BCUT2D eigenvalue weighted by atomic mass is 35.5. The summed E-state index contributed by atoms with van der Waals surface area (Å²) in [6.07, 6.45) is 2.93. The number of methoxy groups -OCH3 is 1. The van der Waals surface area contributed by atoms with Gasteiger partial charge in [0.2, 0.25) is 0 Å². The summed E-state index contributed by atoms with van der Waals surface area (Å²) in [5, 5.41) is 2.74. The van der Waals surface area contributed by atoms with Gasteiger partial charge in [-0.15, -0.1) is 12.4 Å². The Kier molecular flexibility index (Phi) is 9.61. The van der Waals surface area contributed by atoms with Crippen LogP contribution in [0, 0.1) is 6.92 Å². The molecule has 1 heterocycles. The molecule has 0 fully saturated rings. The molecule has 0 bridgehead atoms. The number of carbonyl (C=O) groups is 1. The predicted octanol–water partition coefficient (Wildman–Crippen LogP) is 2.63. The van der Waals surface area contributed by atoms with Gasteiger partial charge in [-0.25, -0.2) is 4.79 Å². The lowest BCUT2D eigenvalue weighted by atomic mass is 10.1. The quantitative estimate of drug-likeness (QED) is 0.637. The normalized spacial score (nSPS) is 10.2. The van der Waals surface area contributed by atoms with Gasteiger partial charge in [0, 0.05) is 13.0 Å². The molecule has 148 valence electrons. The van der Waals surface area contributed by atoms with Crippen molar-refractivity contribution in [3.8, 4) is 5.75 Å². The van der Waals surface area contributed by atoms with E-state index in [1.807, 2.05) is 24.3 Å². The summed E-state index contributed by atoms with van der Waals surface area (Å²) in [5.74, 6) is 0.982. The summed E-state index contributed by atoms with van der Waals surface area (Å²) < 4.78 is 10.5. The molecular weight excluding hydrogens is 368 g/mol. The van der Waals surface area contributed by atoms with Gasteiger partial charge in [0.05, 0.1) is 7.11 Å². The minimum absolute atomic E-state index is 0. The van der Waals surface area contributed by atoms with Crippen LogP contribution < -0.4 is 21.4 Å². The maximum absolute atomic E-state index is 12.2. The van der Waals surface area contributed by atoms with Crippen LogP contribution in [0.25, 0.3) is 0 Å². The van der Waals surface area contributed by atoms with Crippen LogP contribution in [0.5, 0.6) is 5.75 Å². The van der Waals surface area contributed by atoms with E-state index in [0.29, 0.717) is 30.8 Å². The van der Waals surface area contributed by atoms with Crippen LogP contribution in [0.4, 0.5) is 0 Å². The number of hydrogen-bond acceptors (Lipinski definition) is 5. The number of hydrogen-bond donors (Lipinski definition) is 2. The number of unbranched alkanes of at least 4 members (excludes halogenated alkanes) is 1. The molecule has 0 spiro atoms. The van der Waals surface area contributed by atoms with Crippen molar-refractivity contribution >= 4 is 18.3 Å². The van der Waals surface area contributed by atoms with Crippen LogP contribution in [0.1, 0.15) is 40.1 Å². The van der Waals surface area contributed by atoms with Gasteiger partial charge in [-0.2, -0.15) is 0 Å². The molecular formula is C20H27ClN2O4. The van der Waals surface area contributed by atoms with Gasteiger partial charge in [-0.05, 0) is 62.1 Å². The molecule has 1 aromatic heterocycles. The lowest BCUT2D eigenvalue weighted by molar-refractivity contribution is 0.0948. The Hall–Kier alpha value is -2.31. The van der Waals surface area contributed by atoms with Crippen LogP contribution in [-0.4, -0.2) is 26.1 Å². The zero-order valence-electron chi connectivity index (χ0n) is 15.7. The Morgan fingerprint density at radius 1 is 1.19 bits per heavy atom. The van der Waals surface area contributed by atoms with E-state index in [2.05, 4.69) is 5.32 Å². The Morgan fingerprint density at radius 2 is 1.89 bits per heavy atom. The van der Waals surface area contributed by atoms with Gasteiger partial charge in [0.25, 0.3) is 5.91 Å². The standard InChI is InChI=1S/C20H26N2O4.ClH/c1-14-13-17(10-7-15-5-8-16(25-2)9-6-15)26-20(24)18(14)19(23)22-12-4-3-11-21;/h5-6,8-9,13H,3-4,7,10-12,21H2,1-2H3,(H,22,23);1H. The van der Waals surface area contributed by atoms with E-state index in [1.165, 1.54) is 0 Å². The van der Waals surface area contributed by atoms with E-state index >= 15 is 0 Å². The number of ether oxygens (including phenoxy) is 1. The van der Waals surface area contributed by atoms with E-state index in [4.69, 9.17) is 14.9 Å². The van der Waals surface area contributed by atoms with Crippen molar-refractivity contribution in [1.82, 2.24) is 5.32 Å². The number of halogens is 1. The van der Waals surface area contributed by atoms with Crippen LogP contribution in [-0.2, 0) is 12.8 Å². The minimum atomic E-state index is -0.592. The van der Waals surface area contributed by atoms with E-state index < -0.39 is 11.5 Å². The second-order valence-corrected chi connectivity index (χ2v) is 6.16. The predicted molar refractivity (Wildman–Crippen MR) is 108 cm³/mol. The molecule has 2 rings (SSSR count). The maximum atomic E-state index is 12.2. The number of amides is 1. The van der Waals surface area contributed by atoms with Crippen molar-refractivity contribution in [1.29, 1.82) is 0 Å². The van der Waals surface area contributed by atoms with Gasteiger partial charge in [-0.3, -0.25) is 4.79 Å². The molecule has 0 atom stereocenters. The SMILES string of the molecule is COc1ccc(CCc2cc(C)c(C(=O)NCCCCN)c(=O)o2)cc1.Cl. The first kappa shape index (κ1) is 22.7. The lowest BCUT2D eigenvalue weighted by Crippen LogP contribution is -2.30. The molecule has 7 heteroatoms. The summed E-state index contributed by atoms with van der Waals surface area (Å²) >= 11 is 0. The summed E-state index contributed by atoms with van der Waals surface area (Å²) in [7, 11) is 1.63. The van der Waals surface area contributed by atoms with Crippen LogP contribution in [0.2, 0.25) is 0 Å². The molecule has 0 saturated heterocycles. The monoisotopic (exact) mass is 394 g/mol. The minimum Gasteiger partial charge on any atom is -0.497 e. The third-order valence-corrected chi connectivity index (χ3v) is 4.16. The zero-order chi connectivity index (χ0) is 18.9. The second-order valence-electron chi connectivity index (χ2n) is 6.16. The van der Waals surface area contributed by atoms with Crippen molar-refractivity contribution in [2.24, 2.45) is 5.73 Å². The average Bonchev–Trinajstić information content (AvgIpc) is 2.63. The molecule has 0 aliphatic carbocycles. The lowest BCUT2D eigenvalue weighted by Gasteiger charge is -2.08. The number of nitrogens with two attached hydrogens (primary N) is 1. The Morgan fingerprint density at radius 3 is 2.48 bits per heavy atom. The van der Waals surface area contributed by atoms with Gasteiger partial charge in [0.15, 0.2) is 0 Å². The molecule has 6 nitrogen and oxygen atoms in total. The van der Waals surface area contributed by atoms with E-state index in [0.717, 1.165) is 30.6 Å². The summed E-state index contributed by atoms with van der Waals surface area (Å²) in [6.45, 7) is 2.83. The highest BCUT2D eigenvalue weighted by Gasteiger charge is 2.16. The molecule has 0 unspecified atom stereocenters. The van der Waals surface area contributed by atoms with Crippen LogP contribution >= 0.6 is 12.4 Å². The van der Waals surface area contributed by atoms with E-state index in [-0.39, 0.29) is 18.0 Å². The molecule has 1 amide bonds. The fraction of sp³-hybridized carbons (Fsp3) is 0.400. The smallest absolute Gasteiger partial charge is 0.349 e. The van der Waals surface area contributed by atoms with Gasteiger partial charge in [0.1, 0.15) is 17.1 Å². The maximum Gasteiger partial charge on any atom is 0.349 e. The Balaban J connectivity index is 0.00000364. The third kappa shape index (κ3) is 6.73. The molecule has 0 aliphatic heterocycles. The number of nitrogens with one attached hydrogen (secondary N) is 1. The highest BCUT2D eigenvalue weighted by molar-refractivity contribution is 5.95. The molecule has 0 aliphatic rings. The van der Waals surface area contributed by atoms with Crippen molar-refractivity contribution < 1.29 is 13.9 Å². The van der Waals surface area contributed by atoms with Gasteiger partial charge >= 0.3 is 5.63 Å². The molecule has 3 N–H and O–H groups in total. The largest absolute Gasteiger partial charge is 0.497 e. The molecule has 0 saturated carbocycles. The molecule has 2 aromatic rings. The van der Waals surface area contributed by atoms with Crippen molar-refractivity contribution in [3.63, 3.8) is 0 Å². The van der Waals surface area contributed by atoms with Crippen LogP contribution in [0.15, 0.2) is 39.5 Å². The first-order valence-electron chi connectivity index (χ1n) is 8.80. The number of benzene rings is 1. The summed E-state index contributed by atoms with van der Waals surface area (Å²) in [4.78, 5) is 24.4. The average molecular weight is 395 g/mol. The summed E-state index contributed by atoms with van der Waals surface area (Å²) in [6, 6.07) is 9.52. The number of rotatable bonds is 9. The molecule has 1 aromatic carbocycles. The first-order valence-corrected chi connectivity index (χ1v) is 8.80. The number of aryl methyl sites for hydroxylation is 3.